The van der Waals surface area contributed by atoms with Crippen LogP contribution in [0, 0.1) is 5.82 Å². The van der Waals surface area contributed by atoms with Crippen LogP contribution in [-0.4, -0.2) is 35.2 Å². The van der Waals surface area contributed by atoms with E-state index in [1.165, 1.54) is 38.5 Å². The van der Waals surface area contributed by atoms with E-state index in [9.17, 15) is 17.6 Å². The van der Waals surface area contributed by atoms with E-state index in [0.717, 1.165) is 17.4 Å². The van der Waals surface area contributed by atoms with E-state index < -0.39 is 26.7 Å². The van der Waals surface area contributed by atoms with Crippen LogP contribution in [-0.2, 0) is 14.8 Å². The molecule has 0 unspecified atom stereocenters. The third-order valence-corrected chi connectivity index (χ3v) is 6.70. The van der Waals surface area contributed by atoms with Crippen molar-refractivity contribution in [3.8, 4) is 11.5 Å². The fourth-order valence-electron chi connectivity index (χ4n) is 2.77. The Morgan fingerprint density at radius 3 is 2.52 bits per heavy atom. The Labute approximate surface area is 171 Å². The van der Waals surface area contributed by atoms with E-state index in [4.69, 9.17) is 14.2 Å². The molecule has 0 fully saturated rings. The fourth-order valence-corrected chi connectivity index (χ4v) is 5.64. The molecule has 29 heavy (non-hydrogen) atoms. The summed E-state index contributed by atoms with van der Waals surface area (Å²) >= 11 is 0.859. The van der Waals surface area contributed by atoms with Crippen LogP contribution in [0.1, 0.15) is 16.6 Å². The van der Waals surface area contributed by atoms with Gasteiger partial charge in [0, 0.05) is 16.2 Å². The standard InChI is InChI=1S/C19H18FNO6S2/c1-4-27-19(22)17-18(16-12(20)6-5-7-15(16)28-17)29(23,24)21-11-8-9-13(25-2)14(10-11)26-3/h5-10,21H,4H2,1-3H3. The van der Waals surface area contributed by atoms with Crippen molar-refractivity contribution in [3.63, 3.8) is 0 Å². The summed E-state index contributed by atoms with van der Waals surface area (Å²) in [5.41, 5.74) is 0.160. The number of rotatable bonds is 7. The molecular formula is C19H18FNO6S2. The third kappa shape index (κ3) is 3.99. The van der Waals surface area contributed by atoms with Gasteiger partial charge in [0.2, 0.25) is 0 Å². The summed E-state index contributed by atoms with van der Waals surface area (Å²) in [5, 5.41) is -0.159. The van der Waals surface area contributed by atoms with E-state index in [1.807, 2.05) is 0 Å². The molecule has 0 saturated carbocycles. The number of nitrogens with one attached hydrogen (secondary N) is 1. The van der Waals surface area contributed by atoms with Gasteiger partial charge >= 0.3 is 5.97 Å². The quantitative estimate of drug-likeness (QED) is 0.559. The number of sulfonamides is 1. The van der Waals surface area contributed by atoms with Crippen LogP contribution < -0.4 is 14.2 Å². The maximum absolute atomic E-state index is 14.5. The average molecular weight is 439 g/mol. The smallest absolute Gasteiger partial charge is 0.349 e. The van der Waals surface area contributed by atoms with Gasteiger partial charge in [-0.3, -0.25) is 4.72 Å². The molecule has 1 aromatic heterocycles. The van der Waals surface area contributed by atoms with Crippen LogP contribution in [0.3, 0.4) is 0 Å². The van der Waals surface area contributed by atoms with E-state index >= 15 is 0 Å². The molecule has 0 saturated heterocycles. The summed E-state index contributed by atoms with van der Waals surface area (Å²) in [7, 11) is -1.47. The van der Waals surface area contributed by atoms with Gasteiger partial charge in [-0.15, -0.1) is 11.3 Å². The Balaban J connectivity index is 2.15. The normalized spacial score (nSPS) is 11.3. The average Bonchev–Trinajstić information content (AvgIpc) is 3.10. The van der Waals surface area contributed by atoms with Gasteiger partial charge < -0.3 is 14.2 Å². The van der Waals surface area contributed by atoms with E-state index in [-0.39, 0.29) is 22.6 Å². The Kier molecular flexibility index (Phi) is 5.94. The third-order valence-electron chi connectivity index (χ3n) is 3.99. The lowest BCUT2D eigenvalue weighted by Gasteiger charge is -2.12. The van der Waals surface area contributed by atoms with Crippen molar-refractivity contribution in [2.45, 2.75) is 11.8 Å². The lowest BCUT2D eigenvalue weighted by molar-refractivity contribution is 0.0528. The maximum Gasteiger partial charge on any atom is 0.349 e. The number of thiophene rings is 1. The summed E-state index contributed by atoms with van der Waals surface area (Å²) in [6.07, 6.45) is 0. The number of halogens is 1. The minimum Gasteiger partial charge on any atom is -0.493 e. The highest BCUT2D eigenvalue weighted by atomic mass is 32.2. The topological polar surface area (TPSA) is 90.9 Å². The highest BCUT2D eigenvalue weighted by molar-refractivity contribution is 7.93. The molecule has 7 nitrogen and oxygen atoms in total. The molecular weight excluding hydrogens is 421 g/mol. The molecule has 0 aliphatic heterocycles. The van der Waals surface area contributed by atoms with Crippen LogP contribution in [0.5, 0.6) is 11.5 Å². The van der Waals surface area contributed by atoms with Crippen molar-refractivity contribution < 1.29 is 31.8 Å². The second-order valence-electron chi connectivity index (χ2n) is 5.77. The number of carbonyl (C=O) groups is 1. The number of benzene rings is 2. The van der Waals surface area contributed by atoms with E-state index in [2.05, 4.69) is 4.72 Å². The van der Waals surface area contributed by atoms with Crippen molar-refractivity contribution in [2.24, 2.45) is 0 Å². The molecule has 3 rings (SSSR count). The summed E-state index contributed by atoms with van der Waals surface area (Å²) in [5.74, 6) is -0.864. The fraction of sp³-hybridized carbons (Fsp3) is 0.211. The van der Waals surface area contributed by atoms with Crippen LogP contribution in [0.4, 0.5) is 10.1 Å². The van der Waals surface area contributed by atoms with Gasteiger partial charge in [0.05, 0.1) is 26.5 Å². The highest BCUT2D eigenvalue weighted by Gasteiger charge is 2.31. The number of ether oxygens (including phenoxy) is 3. The van der Waals surface area contributed by atoms with Gasteiger partial charge in [-0.1, -0.05) is 6.07 Å². The summed E-state index contributed by atoms with van der Waals surface area (Å²) in [4.78, 5) is 11.7. The molecule has 1 N–H and O–H groups in total. The predicted molar refractivity (Wildman–Crippen MR) is 108 cm³/mol. The molecule has 3 aromatic rings. The Hall–Kier alpha value is -2.85. The zero-order valence-corrected chi connectivity index (χ0v) is 17.4. The molecule has 0 amide bonds. The molecule has 1 heterocycles. The van der Waals surface area contributed by atoms with Crippen LogP contribution in [0.25, 0.3) is 10.1 Å². The molecule has 0 aliphatic rings. The van der Waals surface area contributed by atoms with Gasteiger partial charge in [0.1, 0.15) is 15.6 Å². The summed E-state index contributed by atoms with van der Waals surface area (Å²) < 4.78 is 58.8. The van der Waals surface area contributed by atoms with Crippen LogP contribution >= 0.6 is 11.3 Å². The minimum absolute atomic E-state index is 0.0537. The highest BCUT2D eigenvalue weighted by Crippen LogP contribution is 2.38. The molecule has 0 atom stereocenters. The number of anilines is 1. The number of hydrogen-bond acceptors (Lipinski definition) is 7. The Bertz CT molecular complexity index is 1170. The Morgan fingerprint density at radius 2 is 1.86 bits per heavy atom. The van der Waals surface area contributed by atoms with Crippen molar-refractivity contribution in [1.29, 1.82) is 0 Å². The van der Waals surface area contributed by atoms with E-state index in [1.54, 1.807) is 13.0 Å². The van der Waals surface area contributed by atoms with Crippen molar-refractivity contribution in [3.05, 3.63) is 47.1 Å². The SMILES string of the molecule is CCOC(=O)c1sc2cccc(F)c2c1S(=O)(=O)Nc1ccc(OC)c(OC)c1. The lowest BCUT2D eigenvalue weighted by Crippen LogP contribution is -2.17. The number of methoxy groups -OCH3 is 2. The minimum atomic E-state index is -4.33. The number of fused-ring (bicyclic) bond motifs is 1. The largest absolute Gasteiger partial charge is 0.493 e. The van der Waals surface area contributed by atoms with E-state index in [0.29, 0.717) is 16.2 Å². The molecule has 0 bridgehead atoms. The first kappa shape index (κ1) is 20.9. The van der Waals surface area contributed by atoms with Crippen LogP contribution in [0.15, 0.2) is 41.3 Å². The molecule has 0 radical (unpaired) electrons. The number of esters is 1. The van der Waals surface area contributed by atoms with Gasteiger partial charge in [-0.05, 0) is 31.2 Å². The van der Waals surface area contributed by atoms with Gasteiger partial charge in [-0.25, -0.2) is 17.6 Å². The number of hydrogen-bond donors (Lipinski definition) is 1. The van der Waals surface area contributed by atoms with Gasteiger partial charge in [0.15, 0.2) is 11.5 Å². The second-order valence-corrected chi connectivity index (χ2v) is 8.44. The zero-order chi connectivity index (χ0) is 21.2. The first-order valence-corrected chi connectivity index (χ1v) is 10.7. The predicted octanol–water partition coefficient (Wildman–Crippen LogP) is 4.04. The molecule has 10 heteroatoms. The molecule has 154 valence electrons. The van der Waals surface area contributed by atoms with Crippen molar-refractivity contribution in [2.75, 3.05) is 25.5 Å². The molecule has 0 spiro atoms. The number of carbonyl (C=O) groups excluding carboxylic acids is 1. The van der Waals surface area contributed by atoms with Crippen molar-refractivity contribution >= 4 is 43.1 Å². The first-order chi connectivity index (χ1) is 13.8. The maximum atomic E-state index is 14.5. The van der Waals surface area contributed by atoms with Crippen molar-refractivity contribution in [1.82, 2.24) is 0 Å². The van der Waals surface area contributed by atoms with Crippen LogP contribution in [0.2, 0.25) is 0 Å². The molecule has 2 aromatic carbocycles. The Morgan fingerprint density at radius 1 is 1.14 bits per heavy atom. The summed E-state index contributed by atoms with van der Waals surface area (Å²) in [6, 6.07) is 8.54. The van der Waals surface area contributed by atoms with Gasteiger partial charge in [0.25, 0.3) is 10.0 Å². The monoisotopic (exact) mass is 439 g/mol. The second kappa shape index (κ2) is 8.26. The van der Waals surface area contributed by atoms with Gasteiger partial charge in [-0.2, -0.15) is 0 Å². The molecule has 0 aliphatic carbocycles. The summed E-state index contributed by atoms with van der Waals surface area (Å²) in [6.45, 7) is 1.65. The lowest BCUT2D eigenvalue weighted by atomic mass is 10.2. The first-order valence-electron chi connectivity index (χ1n) is 8.45. The zero-order valence-electron chi connectivity index (χ0n) is 15.8.